The summed E-state index contributed by atoms with van der Waals surface area (Å²) in [5, 5.41) is 5.74. The van der Waals surface area contributed by atoms with Gasteiger partial charge < -0.3 is 5.32 Å². The number of nitrogens with one attached hydrogen (secondary N) is 1. The summed E-state index contributed by atoms with van der Waals surface area (Å²) in [6.45, 7) is 2.96. The van der Waals surface area contributed by atoms with E-state index >= 15 is 0 Å². The number of sulfonamides is 1. The quantitative estimate of drug-likeness (QED) is 0.858. The summed E-state index contributed by atoms with van der Waals surface area (Å²) in [5.41, 5.74) is 1.77. The van der Waals surface area contributed by atoms with Crippen LogP contribution < -0.4 is 5.32 Å². The summed E-state index contributed by atoms with van der Waals surface area (Å²) >= 11 is 1.51. The van der Waals surface area contributed by atoms with Gasteiger partial charge >= 0.3 is 0 Å². The van der Waals surface area contributed by atoms with E-state index in [-0.39, 0.29) is 12.4 Å². The molecule has 1 N–H and O–H groups in total. The fourth-order valence-corrected chi connectivity index (χ4v) is 3.86. The number of hydrogen-bond donors (Lipinski definition) is 1. The van der Waals surface area contributed by atoms with Crippen molar-refractivity contribution in [2.45, 2.75) is 11.8 Å². The molecule has 0 aliphatic carbocycles. The minimum absolute atomic E-state index is 0. The molecule has 0 aliphatic rings. The van der Waals surface area contributed by atoms with Crippen LogP contribution in [0, 0.1) is 6.92 Å². The zero-order chi connectivity index (χ0) is 15.5. The van der Waals surface area contributed by atoms with Crippen molar-refractivity contribution in [1.82, 2.24) is 14.6 Å². The lowest BCUT2D eigenvalue weighted by atomic mass is 10.2. The van der Waals surface area contributed by atoms with Crippen LogP contribution in [0.2, 0.25) is 0 Å². The minimum atomic E-state index is -3.46. The predicted octanol–water partition coefficient (Wildman–Crippen LogP) is 2.38. The standard InChI is InChI=1S/C14H19N3O2S2.ClH/c1-11-10-20-14(16-11)12-5-4-6-13(9-12)21(18,19)17(3)8-7-15-2;/h4-6,9-10,15H,7-8H2,1-3H3;1H. The summed E-state index contributed by atoms with van der Waals surface area (Å²) in [7, 11) is -0.0771. The Balaban J connectivity index is 0.00000242. The van der Waals surface area contributed by atoms with Gasteiger partial charge in [-0.25, -0.2) is 13.4 Å². The van der Waals surface area contributed by atoms with E-state index in [1.165, 1.54) is 15.6 Å². The first-order chi connectivity index (χ1) is 9.95. The summed E-state index contributed by atoms with van der Waals surface area (Å²) in [6, 6.07) is 6.94. The van der Waals surface area contributed by atoms with Crippen LogP contribution in [0.15, 0.2) is 34.5 Å². The maximum absolute atomic E-state index is 12.5. The Bertz CT molecular complexity index is 716. The van der Waals surface area contributed by atoms with Crippen molar-refractivity contribution in [2.24, 2.45) is 0 Å². The van der Waals surface area contributed by atoms with Crippen LogP contribution in [-0.2, 0) is 10.0 Å². The van der Waals surface area contributed by atoms with E-state index in [0.29, 0.717) is 18.0 Å². The van der Waals surface area contributed by atoms with Gasteiger partial charge in [-0.2, -0.15) is 4.31 Å². The van der Waals surface area contributed by atoms with Crippen LogP contribution in [0.25, 0.3) is 10.6 Å². The number of likely N-dealkylation sites (N-methyl/N-ethyl adjacent to an activating group) is 2. The van der Waals surface area contributed by atoms with Crippen LogP contribution >= 0.6 is 23.7 Å². The molecule has 22 heavy (non-hydrogen) atoms. The Kier molecular flexibility index (Phi) is 6.96. The van der Waals surface area contributed by atoms with Crippen molar-refractivity contribution in [1.29, 1.82) is 0 Å². The van der Waals surface area contributed by atoms with Gasteiger partial charge in [0.2, 0.25) is 10.0 Å². The van der Waals surface area contributed by atoms with E-state index in [9.17, 15) is 8.42 Å². The molecule has 122 valence electrons. The summed E-state index contributed by atoms with van der Waals surface area (Å²) in [4.78, 5) is 4.70. The van der Waals surface area contributed by atoms with Gasteiger partial charge in [0.05, 0.1) is 4.90 Å². The van der Waals surface area contributed by atoms with Gasteiger partial charge in [-0.1, -0.05) is 12.1 Å². The van der Waals surface area contributed by atoms with Crippen LogP contribution in [0.4, 0.5) is 0 Å². The van der Waals surface area contributed by atoms with Crippen molar-refractivity contribution in [2.75, 3.05) is 27.2 Å². The van der Waals surface area contributed by atoms with Crippen molar-refractivity contribution in [3.8, 4) is 10.6 Å². The summed E-state index contributed by atoms with van der Waals surface area (Å²) < 4.78 is 26.4. The highest BCUT2D eigenvalue weighted by Gasteiger charge is 2.20. The van der Waals surface area contributed by atoms with Crippen molar-refractivity contribution in [3.05, 3.63) is 35.3 Å². The van der Waals surface area contributed by atoms with Crippen LogP contribution in [-0.4, -0.2) is 44.9 Å². The number of hydrogen-bond acceptors (Lipinski definition) is 5. The lowest BCUT2D eigenvalue weighted by Gasteiger charge is -2.17. The molecule has 5 nitrogen and oxygen atoms in total. The van der Waals surface area contributed by atoms with E-state index in [1.807, 2.05) is 18.4 Å². The molecule has 2 aromatic rings. The highest BCUT2D eigenvalue weighted by atomic mass is 35.5. The molecular weight excluding hydrogens is 342 g/mol. The van der Waals surface area contributed by atoms with E-state index in [4.69, 9.17) is 0 Å². The summed E-state index contributed by atoms with van der Waals surface area (Å²) in [5.74, 6) is 0. The fourth-order valence-electron chi connectivity index (χ4n) is 1.85. The number of benzene rings is 1. The minimum Gasteiger partial charge on any atom is -0.318 e. The molecule has 2 rings (SSSR count). The molecule has 0 amide bonds. The normalized spacial score (nSPS) is 11.5. The Morgan fingerprint density at radius 2 is 2.09 bits per heavy atom. The Labute approximate surface area is 141 Å². The molecule has 1 heterocycles. The topological polar surface area (TPSA) is 62.3 Å². The molecule has 0 bridgehead atoms. The number of rotatable bonds is 6. The Hall–Kier alpha value is -0.990. The van der Waals surface area contributed by atoms with Gasteiger partial charge in [-0.15, -0.1) is 23.7 Å². The monoisotopic (exact) mass is 361 g/mol. The number of aryl methyl sites for hydroxylation is 1. The highest BCUT2D eigenvalue weighted by molar-refractivity contribution is 7.89. The van der Waals surface area contributed by atoms with E-state index in [1.54, 1.807) is 32.3 Å². The van der Waals surface area contributed by atoms with Gasteiger partial charge in [0, 0.05) is 36.8 Å². The second-order valence-electron chi connectivity index (χ2n) is 4.75. The molecule has 1 aromatic heterocycles. The number of thiazole rings is 1. The second-order valence-corrected chi connectivity index (χ2v) is 7.65. The van der Waals surface area contributed by atoms with Gasteiger partial charge in [0.15, 0.2) is 0 Å². The average Bonchev–Trinajstić information content (AvgIpc) is 2.91. The number of halogens is 1. The van der Waals surface area contributed by atoms with E-state index in [0.717, 1.165) is 16.3 Å². The summed E-state index contributed by atoms with van der Waals surface area (Å²) in [6.07, 6.45) is 0. The molecule has 0 spiro atoms. The second kappa shape index (κ2) is 8.03. The molecule has 0 radical (unpaired) electrons. The molecule has 0 atom stereocenters. The molecule has 0 unspecified atom stereocenters. The third kappa shape index (κ3) is 4.27. The Morgan fingerprint density at radius 1 is 1.36 bits per heavy atom. The van der Waals surface area contributed by atoms with Gasteiger partial charge in [-0.05, 0) is 26.1 Å². The number of aromatic nitrogens is 1. The van der Waals surface area contributed by atoms with Crippen molar-refractivity contribution >= 4 is 33.8 Å². The zero-order valence-electron chi connectivity index (χ0n) is 12.7. The molecule has 0 saturated heterocycles. The Morgan fingerprint density at radius 3 is 2.68 bits per heavy atom. The first-order valence-electron chi connectivity index (χ1n) is 6.58. The first kappa shape index (κ1) is 19.1. The maximum Gasteiger partial charge on any atom is 0.242 e. The van der Waals surface area contributed by atoms with Crippen LogP contribution in [0.3, 0.4) is 0 Å². The van der Waals surface area contributed by atoms with Crippen LogP contribution in [0.5, 0.6) is 0 Å². The highest BCUT2D eigenvalue weighted by Crippen LogP contribution is 2.26. The lowest BCUT2D eigenvalue weighted by molar-refractivity contribution is 0.466. The molecule has 0 aliphatic heterocycles. The van der Waals surface area contributed by atoms with Crippen molar-refractivity contribution < 1.29 is 8.42 Å². The fraction of sp³-hybridized carbons (Fsp3) is 0.357. The zero-order valence-corrected chi connectivity index (χ0v) is 15.2. The molecule has 1 aromatic carbocycles. The van der Waals surface area contributed by atoms with E-state index in [2.05, 4.69) is 10.3 Å². The van der Waals surface area contributed by atoms with E-state index < -0.39 is 10.0 Å². The van der Waals surface area contributed by atoms with Gasteiger partial charge in [-0.3, -0.25) is 0 Å². The van der Waals surface area contributed by atoms with Crippen molar-refractivity contribution in [3.63, 3.8) is 0 Å². The van der Waals surface area contributed by atoms with Crippen LogP contribution in [0.1, 0.15) is 5.69 Å². The third-order valence-electron chi connectivity index (χ3n) is 3.08. The molecule has 0 fully saturated rings. The maximum atomic E-state index is 12.5. The van der Waals surface area contributed by atoms with Gasteiger partial charge in [0.25, 0.3) is 0 Å². The van der Waals surface area contributed by atoms with Gasteiger partial charge in [0.1, 0.15) is 5.01 Å². The SMILES string of the molecule is CNCCN(C)S(=O)(=O)c1cccc(-c2nc(C)cs2)c1.Cl. The smallest absolute Gasteiger partial charge is 0.242 e. The third-order valence-corrected chi connectivity index (χ3v) is 5.95. The largest absolute Gasteiger partial charge is 0.318 e. The molecule has 8 heteroatoms. The molecule has 0 saturated carbocycles. The average molecular weight is 362 g/mol. The first-order valence-corrected chi connectivity index (χ1v) is 8.90. The lowest BCUT2D eigenvalue weighted by Crippen LogP contribution is -2.32. The predicted molar refractivity (Wildman–Crippen MR) is 93.3 cm³/mol. The number of nitrogens with zero attached hydrogens (tertiary/aromatic N) is 2. The molecular formula is C14H20ClN3O2S2.